The third kappa shape index (κ3) is 3.84. The van der Waals surface area contributed by atoms with Crippen LogP contribution >= 0.6 is 0 Å². The zero-order valence-electron chi connectivity index (χ0n) is 8.79. The van der Waals surface area contributed by atoms with Gasteiger partial charge in [-0.05, 0) is 12.5 Å². The molecule has 90 valence electrons. The molecule has 0 radical (unpaired) electrons. The van der Waals surface area contributed by atoms with E-state index in [1.165, 1.54) is 12.1 Å². The summed E-state index contributed by atoms with van der Waals surface area (Å²) in [6.45, 7) is 0.00480. The Labute approximate surface area is 92.7 Å². The second kappa shape index (κ2) is 6.52. The maximum atomic E-state index is 13.2. The molecular weight excluding hydrogens is 216 g/mol. The Kier molecular flexibility index (Phi) is 5.31. The van der Waals surface area contributed by atoms with Gasteiger partial charge in [-0.1, -0.05) is 6.07 Å². The molecule has 0 aliphatic rings. The summed E-state index contributed by atoms with van der Waals surface area (Å²) in [5.74, 6) is -1.23. The van der Waals surface area contributed by atoms with Crippen LogP contribution in [-0.2, 0) is 6.54 Å². The van der Waals surface area contributed by atoms with E-state index >= 15 is 0 Å². The first-order chi connectivity index (χ1) is 7.67. The van der Waals surface area contributed by atoms with Gasteiger partial charge in [-0.25, -0.2) is 8.78 Å². The Morgan fingerprint density at radius 2 is 2.00 bits per heavy atom. The maximum Gasteiger partial charge on any atom is 0.130 e. The molecule has 0 aromatic heterocycles. The molecule has 1 aromatic rings. The van der Waals surface area contributed by atoms with E-state index in [0.29, 0.717) is 12.0 Å². The Balaban J connectivity index is 2.53. The van der Waals surface area contributed by atoms with Gasteiger partial charge in [-0.2, -0.15) is 0 Å². The van der Waals surface area contributed by atoms with Gasteiger partial charge >= 0.3 is 0 Å². The number of benzene rings is 1. The molecule has 0 bridgehead atoms. The highest BCUT2D eigenvalue weighted by Gasteiger charge is 2.08. The normalized spacial score (nSPS) is 12.8. The number of aliphatic hydroxyl groups is 2. The molecule has 0 aliphatic heterocycles. The topological polar surface area (TPSA) is 52.5 Å². The van der Waals surface area contributed by atoms with Crippen LogP contribution in [0.3, 0.4) is 0 Å². The minimum atomic E-state index is -0.617. The van der Waals surface area contributed by atoms with Gasteiger partial charge in [-0.3, -0.25) is 0 Å². The minimum Gasteiger partial charge on any atom is -0.396 e. The van der Waals surface area contributed by atoms with Gasteiger partial charge in [0.05, 0.1) is 6.61 Å². The number of aliphatic hydroxyl groups excluding tert-OH is 2. The molecule has 0 saturated heterocycles. The number of halogens is 2. The molecule has 1 unspecified atom stereocenters. The Hall–Kier alpha value is -1.04. The van der Waals surface area contributed by atoms with Crippen LogP contribution in [0, 0.1) is 11.6 Å². The fraction of sp³-hybridized carbons (Fsp3) is 0.455. The van der Waals surface area contributed by atoms with E-state index in [0.717, 1.165) is 6.07 Å². The van der Waals surface area contributed by atoms with Crippen molar-refractivity contribution < 1.29 is 19.0 Å². The Bertz CT molecular complexity index is 334. The van der Waals surface area contributed by atoms with Gasteiger partial charge in [0.25, 0.3) is 0 Å². The van der Waals surface area contributed by atoms with Crippen molar-refractivity contribution in [1.82, 2.24) is 5.32 Å². The van der Waals surface area contributed by atoms with Crippen molar-refractivity contribution in [2.45, 2.75) is 19.0 Å². The fourth-order valence-corrected chi connectivity index (χ4v) is 1.33. The van der Waals surface area contributed by atoms with Crippen molar-refractivity contribution in [3.63, 3.8) is 0 Å². The van der Waals surface area contributed by atoms with Gasteiger partial charge in [0.15, 0.2) is 0 Å². The van der Waals surface area contributed by atoms with Crippen LogP contribution in [0.2, 0.25) is 0 Å². The van der Waals surface area contributed by atoms with Crippen LogP contribution in [-0.4, -0.2) is 29.5 Å². The first-order valence-electron chi connectivity index (χ1n) is 5.06. The molecule has 0 fully saturated rings. The number of hydrogen-bond acceptors (Lipinski definition) is 3. The third-order valence-electron chi connectivity index (χ3n) is 2.29. The first kappa shape index (κ1) is 13.0. The lowest BCUT2D eigenvalue weighted by Gasteiger charge is -2.15. The lowest BCUT2D eigenvalue weighted by molar-refractivity contribution is 0.199. The Morgan fingerprint density at radius 1 is 1.25 bits per heavy atom. The summed E-state index contributed by atoms with van der Waals surface area (Å²) in [5, 5.41) is 20.5. The molecule has 3 N–H and O–H groups in total. The number of hydrogen-bond donors (Lipinski definition) is 3. The number of nitrogens with one attached hydrogen (secondary N) is 1. The first-order valence-corrected chi connectivity index (χ1v) is 5.06. The molecule has 1 atom stereocenters. The molecule has 0 heterocycles. The molecule has 0 amide bonds. The SMILES string of the molecule is OCCC(CO)NCc1ccc(F)cc1F. The summed E-state index contributed by atoms with van der Waals surface area (Å²) in [7, 11) is 0. The zero-order valence-corrected chi connectivity index (χ0v) is 8.79. The standard InChI is InChI=1S/C11H15F2NO2/c12-9-2-1-8(11(13)5-9)6-14-10(7-16)3-4-15/h1-2,5,10,14-16H,3-4,6-7H2. The van der Waals surface area contributed by atoms with Crippen molar-refractivity contribution in [1.29, 1.82) is 0 Å². The average molecular weight is 231 g/mol. The van der Waals surface area contributed by atoms with E-state index in [9.17, 15) is 8.78 Å². The molecule has 3 nitrogen and oxygen atoms in total. The highest BCUT2D eigenvalue weighted by molar-refractivity contribution is 5.18. The predicted molar refractivity (Wildman–Crippen MR) is 55.8 cm³/mol. The molecular formula is C11H15F2NO2. The van der Waals surface area contributed by atoms with Gasteiger partial charge in [0.1, 0.15) is 11.6 Å². The van der Waals surface area contributed by atoms with Gasteiger partial charge < -0.3 is 15.5 Å². The monoisotopic (exact) mass is 231 g/mol. The zero-order chi connectivity index (χ0) is 12.0. The summed E-state index contributed by atoms with van der Waals surface area (Å²) in [6, 6.07) is 3.07. The minimum absolute atomic E-state index is 0.0515. The van der Waals surface area contributed by atoms with Crippen molar-refractivity contribution in [3.8, 4) is 0 Å². The largest absolute Gasteiger partial charge is 0.396 e. The van der Waals surface area contributed by atoms with Gasteiger partial charge in [0.2, 0.25) is 0 Å². The highest BCUT2D eigenvalue weighted by atomic mass is 19.1. The van der Waals surface area contributed by atoms with Crippen LogP contribution in [0.4, 0.5) is 8.78 Å². The molecule has 16 heavy (non-hydrogen) atoms. The number of rotatable bonds is 6. The van der Waals surface area contributed by atoms with Gasteiger partial charge in [0, 0.05) is 30.8 Å². The second-order valence-corrected chi connectivity index (χ2v) is 3.51. The van der Waals surface area contributed by atoms with E-state index in [-0.39, 0.29) is 25.8 Å². The Morgan fingerprint density at radius 3 is 2.56 bits per heavy atom. The average Bonchev–Trinajstić information content (AvgIpc) is 2.26. The molecule has 1 aromatic carbocycles. The van der Waals surface area contributed by atoms with Gasteiger partial charge in [-0.15, -0.1) is 0 Å². The van der Waals surface area contributed by atoms with Crippen LogP contribution < -0.4 is 5.32 Å². The predicted octanol–water partition coefficient (Wildman–Crippen LogP) is 0.798. The summed E-state index contributed by atoms with van der Waals surface area (Å²) in [5.41, 5.74) is 0.331. The molecule has 1 rings (SSSR count). The van der Waals surface area contributed by atoms with E-state index in [2.05, 4.69) is 5.32 Å². The molecule has 5 heteroatoms. The lowest BCUT2D eigenvalue weighted by atomic mass is 10.1. The lowest BCUT2D eigenvalue weighted by Crippen LogP contribution is -2.33. The van der Waals surface area contributed by atoms with Crippen molar-refractivity contribution in [2.24, 2.45) is 0 Å². The van der Waals surface area contributed by atoms with Crippen LogP contribution in [0.15, 0.2) is 18.2 Å². The summed E-state index contributed by atoms with van der Waals surface area (Å²) < 4.78 is 25.8. The van der Waals surface area contributed by atoms with Crippen molar-refractivity contribution >= 4 is 0 Å². The highest BCUT2D eigenvalue weighted by Crippen LogP contribution is 2.09. The van der Waals surface area contributed by atoms with E-state index in [1.54, 1.807) is 0 Å². The van der Waals surface area contributed by atoms with E-state index in [1.807, 2.05) is 0 Å². The van der Waals surface area contributed by atoms with Crippen molar-refractivity contribution in [3.05, 3.63) is 35.4 Å². The smallest absolute Gasteiger partial charge is 0.130 e. The molecule has 0 saturated carbocycles. The summed E-state index contributed by atoms with van der Waals surface area (Å²) in [4.78, 5) is 0. The van der Waals surface area contributed by atoms with Crippen LogP contribution in [0.25, 0.3) is 0 Å². The fourth-order valence-electron chi connectivity index (χ4n) is 1.33. The van der Waals surface area contributed by atoms with Crippen molar-refractivity contribution in [2.75, 3.05) is 13.2 Å². The molecule has 0 spiro atoms. The quantitative estimate of drug-likeness (QED) is 0.678. The summed E-state index contributed by atoms with van der Waals surface area (Å²) in [6.07, 6.45) is 0.388. The molecule has 0 aliphatic carbocycles. The van der Waals surface area contributed by atoms with Crippen LogP contribution in [0.1, 0.15) is 12.0 Å². The van der Waals surface area contributed by atoms with Crippen LogP contribution in [0.5, 0.6) is 0 Å². The van der Waals surface area contributed by atoms with E-state index in [4.69, 9.17) is 10.2 Å². The second-order valence-electron chi connectivity index (χ2n) is 3.51. The van der Waals surface area contributed by atoms with E-state index < -0.39 is 11.6 Å². The summed E-state index contributed by atoms with van der Waals surface area (Å²) >= 11 is 0. The third-order valence-corrected chi connectivity index (χ3v) is 2.29. The maximum absolute atomic E-state index is 13.2.